The van der Waals surface area contributed by atoms with E-state index in [0.29, 0.717) is 0 Å². The van der Waals surface area contributed by atoms with E-state index in [1.165, 1.54) is 172 Å². The van der Waals surface area contributed by atoms with E-state index in [-0.39, 0.29) is 10.8 Å². The number of benzene rings is 11. The smallest absolute Gasteiger partial charge is 0.0635 e. The molecule has 0 saturated carbocycles. The van der Waals surface area contributed by atoms with E-state index in [1.54, 1.807) is 0 Å². The molecule has 17 aromatic rings. The van der Waals surface area contributed by atoms with Gasteiger partial charge in [0.2, 0.25) is 0 Å². The molecule has 78 heavy (non-hydrogen) atoms. The minimum atomic E-state index is 0.00780. The van der Waals surface area contributed by atoms with Crippen LogP contribution in [-0.2, 0) is 10.8 Å². The van der Waals surface area contributed by atoms with Crippen molar-refractivity contribution in [1.29, 1.82) is 0 Å². The topological polar surface area (TPSA) is 8.82 Å². The highest BCUT2D eigenvalue weighted by Crippen LogP contribution is 2.52. The normalized spacial score (nSPS) is 13.0. The molecule has 6 aromatic heterocycles. The first-order valence-corrected chi connectivity index (χ1v) is 29.0. The lowest BCUT2D eigenvalue weighted by atomic mass is 9.79. The Kier molecular flexibility index (Phi) is 8.90. The van der Waals surface area contributed by atoms with Gasteiger partial charge in [0, 0.05) is 83.4 Å². The molecule has 0 bridgehead atoms. The van der Waals surface area contributed by atoms with E-state index in [1.807, 2.05) is 22.7 Å². The van der Waals surface area contributed by atoms with Gasteiger partial charge in [-0.1, -0.05) is 181 Å². The number of aromatic nitrogens is 2. The zero-order chi connectivity index (χ0) is 52.1. The van der Waals surface area contributed by atoms with Crippen LogP contribution < -0.4 is 0 Å². The maximum Gasteiger partial charge on any atom is 0.0635 e. The molecule has 0 aliphatic rings. The minimum absolute atomic E-state index is 0.00780. The van der Waals surface area contributed by atoms with Crippen molar-refractivity contribution in [1.82, 2.24) is 8.80 Å². The van der Waals surface area contributed by atoms with E-state index in [0.717, 1.165) is 0 Å². The zero-order valence-corrected chi connectivity index (χ0v) is 46.0. The quantitative estimate of drug-likeness (QED) is 0.166. The van der Waals surface area contributed by atoms with Crippen molar-refractivity contribution in [2.24, 2.45) is 0 Å². The number of rotatable bonds is 4. The summed E-state index contributed by atoms with van der Waals surface area (Å²) in [4.78, 5) is 0. The van der Waals surface area contributed by atoms with E-state index in [2.05, 4.69) is 257 Å². The molecule has 4 heteroatoms. The molecule has 0 aliphatic carbocycles. The molecule has 370 valence electrons. The first-order chi connectivity index (χ1) is 37.9. The molecule has 0 spiro atoms. The van der Waals surface area contributed by atoms with Crippen LogP contribution >= 0.6 is 22.7 Å². The van der Waals surface area contributed by atoms with Gasteiger partial charge in [0.25, 0.3) is 0 Å². The fraction of sp³-hybridized carbons (Fsp3) is 0.108. The lowest BCUT2D eigenvalue weighted by Gasteiger charge is -2.26. The van der Waals surface area contributed by atoms with Crippen LogP contribution in [0.15, 0.2) is 206 Å². The molecule has 0 aliphatic heterocycles. The van der Waals surface area contributed by atoms with Gasteiger partial charge in [0.05, 0.1) is 33.1 Å². The highest BCUT2D eigenvalue weighted by atomic mass is 32.1. The number of fused-ring (bicyclic) bond motifs is 20. The molecule has 0 N–H and O–H groups in total. The standard InChI is InChI=1S/C74H52N2S2/c1-73(2,3)49-32-48(33-50(36-49)74(4,5)6)44-26-28-54-62(35-44)76-64-40-55-57-37-59-51-21-13-15-23-65(51)77-71(59)67-53-27-25-43(47-30-45(41-17-9-7-10-18-41)29-46(31-47)42-19-11-8-12-20-42)34-61(53)75(69(57)67)63(55)39-56(64)58-38-60-52-22-14-16-24-66(52)78-72(60)68(54)70(58)76/h7-40H,1-6H3. The maximum absolute atomic E-state index is 2.64. The zero-order valence-electron chi connectivity index (χ0n) is 44.3. The molecular formula is C74H52N2S2. The molecule has 0 amide bonds. The summed E-state index contributed by atoms with van der Waals surface area (Å²) in [5.74, 6) is 0. The Morgan fingerprint density at radius 3 is 1.09 bits per heavy atom. The fourth-order valence-electron chi connectivity index (χ4n) is 13.5. The monoisotopic (exact) mass is 1030 g/mol. The summed E-state index contributed by atoms with van der Waals surface area (Å²) in [6.07, 6.45) is 0. The number of hydrogen-bond acceptors (Lipinski definition) is 2. The molecule has 0 atom stereocenters. The summed E-state index contributed by atoms with van der Waals surface area (Å²) in [6.45, 7) is 14.0. The van der Waals surface area contributed by atoms with Gasteiger partial charge in [-0.05, 0) is 133 Å². The Morgan fingerprint density at radius 1 is 0.269 bits per heavy atom. The highest BCUT2D eigenvalue weighted by molar-refractivity contribution is 7.27. The maximum atomic E-state index is 2.64. The van der Waals surface area contributed by atoms with Crippen molar-refractivity contribution in [3.05, 3.63) is 217 Å². The van der Waals surface area contributed by atoms with Crippen LogP contribution in [-0.4, -0.2) is 8.80 Å². The molecule has 6 heterocycles. The molecule has 11 aromatic carbocycles. The van der Waals surface area contributed by atoms with E-state index in [9.17, 15) is 0 Å². The molecule has 17 rings (SSSR count). The van der Waals surface area contributed by atoms with Crippen LogP contribution in [0.4, 0.5) is 0 Å². The second kappa shape index (κ2) is 15.6. The highest BCUT2D eigenvalue weighted by Gasteiger charge is 2.28. The molecule has 0 saturated heterocycles. The van der Waals surface area contributed by atoms with Crippen LogP contribution in [0.2, 0.25) is 0 Å². The molecule has 0 fully saturated rings. The van der Waals surface area contributed by atoms with Crippen LogP contribution in [0.1, 0.15) is 52.7 Å². The molecule has 2 nitrogen and oxygen atoms in total. The average Bonchev–Trinajstić information content (AvgIpc) is 3.94. The van der Waals surface area contributed by atoms with Gasteiger partial charge in [-0.25, -0.2) is 0 Å². The third kappa shape index (κ3) is 6.19. The lowest BCUT2D eigenvalue weighted by Crippen LogP contribution is -2.16. The van der Waals surface area contributed by atoms with Gasteiger partial charge in [-0.2, -0.15) is 0 Å². The average molecular weight is 1030 g/mol. The third-order valence-corrected chi connectivity index (χ3v) is 19.8. The van der Waals surface area contributed by atoms with Gasteiger partial charge in [-0.3, -0.25) is 0 Å². The summed E-state index contributed by atoms with van der Waals surface area (Å²) >= 11 is 3.88. The Balaban J connectivity index is 1.00. The minimum Gasteiger partial charge on any atom is -0.308 e. The van der Waals surface area contributed by atoms with Crippen molar-refractivity contribution in [2.75, 3.05) is 0 Å². The van der Waals surface area contributed by atoms with Crippen molar-refractivity contribution >= 4 is 139 Å². The van der Waals surface area contributed by atoms with Gasteiger partial charge in [0.1, 0.15) is 0 Å². The summed E-state index contributed by atoms with van der Waals surface area (Å²) in [6, 6.07) is 78.9. The second-order valence-electron chi connectivity index (χ2n) is 24.1. The van der Waals surface area contributed by atoms with Gasteiger partial charge >= 0.3 is 0 Å². The van der Waals surface area contributed by atoms with Gasteiger partial charge < -0.3 is 8.80 Å². The molecule has 0 radical (unpaired) electrons. The summed E-state index contributed by atoms with van der Waals surface area (Å²) in [5, 5.41) is 15.8. The van der Waals surface area contributed by atoms with Crippen LogP contribution in [0.25, 0.3) is 161 Å². The largest absolute Gasteiger partial charge is 0.308 e. The van der Waals surface area contributed by atoms with Crippen molar-refractivity contribution in [2.45, 2.75) is 52.4 Å². The summed E-state index contributed by atoms with van der Waals surface area (Å²) < 4.78 is 10.7. The predicted molar refractivity (Wildman–Crippen MR) is 341 cm³/mol. The predicted octanol–water partition coefficient (Wildman–Crippen LogP) is 22.0. The first-order valence-electron chi connectivity index (χ1n) is 27.4. The van der Waals surface area contributed by atoms with Crippen molar-refractivity contribution < 1.29 is 0 Å². The first kappa shape index (κ1) is 44.6. The number of thiophene rings is 2. The van der Waals surface area contributed by atoms with Crippen LogP contribution in [0, 0.1) is 0 Å². The Bertz CT molecular complexity index is 5290. The third-order valence-electron chi connectivity index (χ3n) is 17.4. The van der Waals surface area contributed by atoms with Crippen molar-refractivity contribution in [3.8, 4) is 44.5 Å². The van der Waals surface area contributed by atoms with E-state index < -0.39 is 0 Å². The van der Waals surface area contributed by atoms with E-state index in [4.69, 9.17) is 0 Å². The van der Waals surface area contributed by atoms with Crippen LogP contribution in [0.5, 0.6) is 0 Å². The fourth-order valence-corrected chi connectivity index (χ4v) is 15.9. The van der Waals surface area contributed by atoms with Crippen LogP contribution in [0.3, 0.4) is 0 Å². The number of nitrogens with zero attached hydrogens (tertiary/aromatic N) is 2. The van der Waals surface area contributed by atoms with Gasteiger partial charge in [0.15, 0.2) is 0 Å². The Labute approximate surface area is 459 Å². The number of hydrogen-bond donors (Lipinski definition) is 0. The van der Waals surface area contributed by atoms with Crippen molar-refractivity contribution in [3.63, 3.8) is 0 Å². The molecular weight excluding hydrogens is 981 g/mol. The summed E-state index contributed by atoms with van der Waals surface area (Å²) in [5.41, 5.74) is 20.2. The SMILES string of the molecule is CC(C)(C)c1cc(-c2ccc3c4c5sc6ccccc6c5cc5c6cc7c(cc6n(c3c2)c54)c2cc3c4ccccc4sc3c3c4ccc(-c5cc(-c6ccccc6)cc(-c6ccccc6)c5)cc4n7c23)cc(C(C)(C)C)c1. The molecule has 0 unspecified atom stereocenters. The lowest BCUT2D eigenvalue weighted by molar-refractivity contribution is 0.569. The van der Waals surface area contributed by atoms with Gasteiger partial charge in [-0.15, -0.1) is 22.7 Å². The Hall–Kier alpha value is -8.54. The van der Waals surface area contributed by atoms with E-state index >= 15 is 0 Å². The summed E-state index contributed by atoms with van der Waals surface area (Å²) in [7, 11) is 0. The Morgan fingerprint density at radius 2 is 0.654 bits per heavy atom. The second-order valence-corrected chi connectivity index (χ2v) is 26.2.